The van der Waals surface area contributed by atoms with Crippen LogP contribution in [0.4, 0.5) is 59.2 Å². The molecule has 1 N–H and O–H groups in total. The first-order chi connectivity index (χ1) is 56.5. The molecule has 19 heteroatoms. The van der Waals surface area contributed by atoms with E-state index in [9.17, 15) is 24.0 Å². The quantitative estimate of drug-likeness (QED) is 0.0450. The molecule has 0 atom stereocenters. The van der Waals surface area contributed by atoms with Crippen molar-refractivity contribution in [2.75, 3.05) is 20.0 Å². The summed E-state index contributed by atoms with van der Waals surface area (Å²) in [6.45, 7) is 0. The van der Waals surface area contributed by atoms with Gasteiger partial charge in [0.15, 0.2) is 11.6 Å². The zero-order valence-electron chi connectivity index (χ0n) is 60.8. The molecule has 12 aromatic carbocycles. The summed E-state index contributed by atoms with van der Waals surface area (Å²) >= 11 is 5.76. The van der Waals surface area contributed by atoms with Crippen molar-refractivity contribution in [3.8, 4) is 0 Å². The normalized spacial score (nSPS) is 13.0. The van der Waals surface area contributed by atoms with E-state index in [1.54, 1.807) is 0 Å². The van der Waals surface area contributed by atoms with Crippen LogP contribution in [-0.4, -0.2) is 162 Å². The first kappa shape index (κ1) is 78.8. The number of aldehydes is 1. The van der Waals surface area contributed by atoms with Gasteiger partial charge in [-0.05, 0) is 22.9 Å². The Hall–Kier alpha value is -8.74. The summed E-state index contributed by atoms with van der Waals surface area (Å²) < 4.78 is 18.7. The zero-order valence-corrected chi connectivity index (χ0v) is 78.4. The van der Waals surface area contributed by atoms with Crippen LogP contribution < -0.4 is 55.7 Å². The van der Waals surface area contributed by atoms with E-state index in [-0.39, 0.29) is 79.1 Å². The predicted molar refractivity (Wildman–Crippen MR) is 493 cm³/mol. The summed E-state index contributed by atoms with van der Waals surface area (Å²) in [4.78, 5) is 76.5. The number of carbonyl (C=O) groups excluding carboxylic acids is 5. The van der Waals surface area contributed by atoms with Gasteiger partial charge < -0.3 is 0 Å². The molecule has 9 heterocycles. The molecular formula is C96H63IN4O5Se9. The molecule has 0 amide bonds. The number of fused-ring (bicyclic) bond motifs is 12. The van der Waals surface area contributed by atoms with Gasteiger partial charge in [0, 0.05) is 11.1 Å². The fraction of sp³-hybridized carbons (Fsp3) is 0.0104. The molecule has 0 bridgehead atoms. The molecule has 2 aliphatic carbocycles. The van der Waals surface area contributed by atoms with E-state index in [1.807, 2.05) is 84.9 Å². The molecule has 23 rings (SSSR count). The number of anilines is 11. The molecule has 4 aliphatic heterocycles. The summed E-state index contributed by atoms with van der Waals surface area (Å²) in [6.07, 6.45) is 2.84. The van der Waals surface area contributed by atoms with Crippen LogP contribution in [0.2, 0.25) is 0 Å². The number of halogens is 1. The van der Waals surface area contributed by atoms with Gasteiger partial charge in [-0.3, -0.25) is 9.59 Å². The van der Waals surface area contributed by atoms with E-state index in [0.717, 1.165) is 36.7 Å². The number of nitrogens with one attached hydrogen (secondary N) is 1. The average molecular weight is 2190 g/mol. The number of benzene rings is 12. The van der Waals surface area contributed by atoms with E-state index in [4.69, 9.17) is 0 Å². The fourth-order valence-electron chi connectivity index (χ4n) is 13.7. The number of Topliss-reactive ketones (excluding diaryl/α,β-unsaturated/α-hetero) is 4. The molecule has 5 aromatic heterocycles. The number of nitrogens with zero attached hydrogens (tertiary/aromatic N) is 3. The first-order valence-corrected chi connectivity index (χ1v) is 53.5. The molecule has 0 radical (unpaired) electrons. The van der Waals surface area contributed by atoms with Crippen molar-refractivity contribution >= 4 is 307 Å². The van der Waals surface area contributed by atoms with Crippen molar-refractivity contribution in [1.29, 1.82) is 0 Å². The monoisotopic (exact) mass is 2200 g/mol. The SMILES string of the molecule is Ic1ccc[se]1.O=C1C(=Cc2ccc(N3c4ccccc4[Se]c4ccccc43)[se]2)C(=O)c2cc3ccccc3cc21.O=C1CC(=O)c2cc3ccccc3cc21.O=Cc1ccc(N2c3ccccc3[Se]c3ccccc32)[se]1.c1c[se]c(N2c3ccccc3[Se]c3ccccc32)c1.c1cc[se]c1.c1ccc2c(c1)Nc1ccccc1[Se]2. The van der Waals surface area contributed by atoms with Gasteiger partial charge in [0.05, 0.1) is 6.42 Å². The Labute approximate surface area is 735 Å². The zero-order chi connectivity index (χ0) is 78.1. The molecule has 0 saturated heterocycles. The van der Waals surface area contributed by atoms with E-state index < -0.39 is 0 Å². The van der Waals surface area contributed by atoms with Crippen LogP contribution in [0.5, 0.6) is 0 Å². The Kier molecular flexibility index (Phi) is 25.2. The third kappa shape index (κ3) is 17.6. The van der Waals surface area contributed by atoms with Crippen LogP contribution in [-0.2, 0) is 0 Å². The van der Waals surface area contributed by atoms with E-state index in [1.165, 1.54) is 97.3 Å². The van der Waals surface area contributed by atoms with E-state index >= 15 is 0 Å². The van der Waals surface area contributed by atoms with Crippen molar-refractivity contribution in [2.24, 2.45) is 0 Å². The van der Waals surface area contributed by atoms with Gasteiger partial charge >= 0.3 is 658 Å². The molecule has 0 saturated carbocycles. The van der Waals surface area contributed by atoms with Gasteiger partial charge in [-0.15, -0.1) is 0 Å². The first-order valence-electron chi connectivity index (χ1n) is 36.4. The number of ketones is 4. The van der Waals surface area contributed by atoms with Gasteiger partial charge in [-0.25, -0.2) is 0 Å². The average Bonchev–Trinajstić information content (AvgIpc) is 1.53. The van der Waals surface area contributed by atoms with Crippen molar-refractivity contribution in [1.82, 2.24) is 0 Å². The number of hydrogen-bond donors (Lipinski definition) is 1. The Morgan fingerprint density at radius 2 is 0.652 bits per heavy atom. The van der Waals surface area contributed by atoms with Crippen LogP contribution in [0.3, 0.4) is 0 Å². The number of allylic oxidation sites excluding steroid dienone is 1. The number of para-hydroxylation sites is 8. The van der Waals surface area contributed by atoms with Crippen LogP contribution in [0.25, 0.3) is 27.6 Å². The summed E-state index contributed by atoms with van der Waals surface area (Å²) in [5, 5.41) is 7.44. The van der Waals surface area contributed by atoms with Crippen molar-refractivity contribution in [3.63, 3.8) is 0 Å². The second kappa shape index (κ2) is 36.8. The third-order valence-electron chi connectivity index (χ3n) is 18.9. The maximum absolute atomic E-state index is 13.2. The van der Waals surface area contributed by atoms with Gasteiger partial charge in [-0.2, -0.15) is 0 Å². The number of hydrogen-bond acceptors (Lipinski definition) is 9. The van der Waals surface area contributed by atoms with Crippen molar-refractivity contribution in [3.05, 3.63) is 386 Å². The predicted octanol–water partition coefficient (Wildman–Crippen LogP) is 15.1. The van der Waals surface area contributed by atoms with Crippen molar-refractivity contribution in [2.45, 2.75) is 6.42 Å². The standard InChI is InChI=1S/C30H17NO2Se2.C17H11NOSe2.C16H11NSe2.C13H8O2.C12H9NSe.C4H3ISe.C4H4Se/c32-29-21-15-18-7-1-2-8-19(18)16-22(21)30(33)23(29)17-20-13-14-28(34-20)31-24-9-3-5-11-26(24)35-27-12-6-4-10-25(27)31;19-11-12-9-10-17(20-12)18-13-5-1-3-7-15(13)21-16-8-4-2-6-14(16)18;1-3-8-14-12(6-1)17(16-10-5-11-18-16)13-7-2-4-9-15(13)19-14;14-12-7-13(15)11-6-9-4-2-1-3-8(9)5-10(11)12;1-3-7-11-9(5-1)13-10-6-2-4-8-12(10)14-11;5-4-2-1-3-6-4;1-2-4-5-3-1/h1-17H;1-11H;1-11H;1-6H,7H2;1-8,13H;1-3H;1-4H. The molecular weight excluding hydrogens is 2130 g/mol. The fourth-order valence-corrected chi connectivity index (χ4v) is 30.7. The van der Waals surface area contributed by atoms with Gasteiger partial charge in [0.1, 0.15) is 0 Å². The summed E-state index contributed by atoms with van der Waals surface area (Å²) in [7, 11) is 0. The van der Waals surface area contributed by atoms with E-state index in [0.29, 0.717) is 111 Å². The van der Waals surface area contributed by atoms with Crippen LogP contribution >= 0.6 is 22.6 Å². The minimum absolute atomic E-state index is 0.0301. The Morgan fingerprint density at radius 1 is 0.313 bits per heavy atom. The minimum atomic E-state index is -0.169. The molecule has 0 spiro atoms. The number of rotatable bonds is 5. The topological polar surface area (TPSA) is 107 Å². The third-order valence-corrected chi connectivity index (χ3v) is 38.9. The second-order valence-electron chi connectivity index (χ2n) is 26.2. The van der Waals surface area contributed by atoms with Crippen LogP contribution in [0.1, 0.15) is 61.5 Å². The Morgan fingerprint density at radius 3 is 1.00 bits per heavy atom. The van der Waals surface area contributed by atoms with Crippen LogP contribution in [0, 0.1) is 2.44 Å². The molecule has 0 fully saturated rings. The summed E-state index contributed by atoms with van der Waals surface area (Å²) in [5.74, 6) is -0.448. The summed E-state index contributed by atoms with van der Waals surface area (Å²) in [6, 6.07) is 113. The molecule has 558 valence electrons. The van der Waals surface area contributed by atoms with Crippen molar-refractivity contribution < 1.29 is 24.0 Å². The maximum atomic E-state index is 13.2. The van der Waals surface area contributed by atoms with Crippen LogP contribution in [0.15, 0.2) is 353 Å². The molecule has 0 unspecified atom stereocenters. The summed E-state index contributed by atoms with van der Waals surface area (Å²) in [5.41, 5.74) is 12.8. The van der Waals surface area contributed by atoms with Gasteiger partial charge in [0.2, 0.25) is 0 Å². The van der Waals surface area contributed by atoms with E-state index in [2.05, 4.69) is 311 Å². The Bertz CT molecular complexity index is 6160. The van der Waals surface area contributed by atoms with Gasteiger partial charge in [0.25, 0.3) is 0 Å². The molecule has 9 nitrogen and oxygen atoms in total. The second-order valence-corrected chi connectivity index (χ2v) is 48.3. The Balaban J connectivity index is 0.000000104. The molecule has 115 heavy (non-hydrogen) atoms. The molecule has 6 aliphatic rings. The number of carbonyl (C=O) groups is 5. The molecule has 17 aromatic rings. The van der Waals surface area contributed by atoms with Gasteiger partial charge in [-0.1, -0.05) is 24.3 Å².